The number of unbranched alkanes of at least 4 members (excludes halogenated alkanes) is 11. The van der Waals surface area contributed by atoms with Crippen molar-refractivity contribution in [3.05, 3.63) is 36.7 Å². The normalized spacial score (nSPS) is 17.2. The maximum Gasteiger partial charge on any atom is 0.314 e. The third-order valence-corrected chi connectivity index (χ3v) is 8.13. The van der Waals surface area contributed by atoms with Gasteiger partial charge in [0.2, 0.25) is 0 Å². The molecule has 216 valence electrons. The van der Waals surface area contributed by atoms with Gasteiger partial charge in [0.1, 0.15) is 5.75 Å². The molecule has 2 aromatic rings. The van der Waals surface area contributed by atoms with Gasteiger partial charge in [0.15, 0.2) is 11.6 Å². The summed E-state index contributed by atoms with van der Waals surface area (Å²) in [4.78, 5) is 22.0. The predicted molar refractivity (Wildman–Crippen MR) is 160 cm³/mol. The number of hydrogen-bond acceptors (Lipinski definition) is 5. The Hall–Kier alpha value is -2.43. The number of hydrogen-bond donors (Lipinski definition) is 0. The van der Waals surface area contributed by atoms with E-state index in [1.165, 1.54) is 83.5 Å². The highest BCUT2D eigenvalue weighted by Crippen LogP contribution is 2.34. The first-order valence-electron chi connectivity index (χ1n) is 16.0. The zero-order chi connectivity index (χ0) is 27.5. The van der Waals surface area contributed by atoms with E-state index in [0.717, 1.165) is 43.6 Å². The van der Waals surface area contributed by atoms with Crippen molar-refractivity contribution in [2.45, 2.75) is 129 Å². The van der Waals surface area contributed by atoms with Crippen molar-refractivity contribution in [2.75, 3.05) is 6.61 Å². The Balaban J connectivity index is 1.38. The third kappa shape index (κ3) is 11.7. The second-order valence-electron chi connectivity index (χ2n) is 11.4. The minimum atomic E-state index is -0.120. The summed E-state index contributed by atoms with van der Waals surface area (Å²) in [6.45, 7) is 5.20. The Morgan fingerprint density at radius 1 is 0.769 bits per heavy atom. The number of carbonyl (C=O) groups is 1. The van der Waals surface area contributed by atoms with Gasteiger partial charge in [-0.05, 0) is 50.2 Å². The number of ether oxygens (including phenoxy) is 2. The number of benzene rings is 1. The Morgan fingerprint density at radius 2 is 1.36 bits per heavy atom. The minimum Gasteiger partial charge on any atom is -0.490 e. The van der Waals surface area contributed by atoms with Crippen LogP contribution >= 0.6 is 0 Å². The number of rotatable bonds is 19. The molecule has 0 unspecified atom stereocenters. The van der Waals surface area contributed by atoms with Gasteiger partial charge in [0.25, 0.3) is 0 Å². The lowest BCUT2D eigenvalue weighted by Crippen LogP contribution is -2.26. The largest absolute Gasteiger partial charge is 0.490 e. The number of carbonyl (C=O) groups excluding carboxylic acids is 1. The molecular formula is C34H52N2O3. The molecule has 0 N–H and O–H groups in total. The summed E-state index contributed by atoms with van der Waals surface area (Å²) in [5.74, 6) is 2.40. The highest BCUT2D eigenvalue weighted by Gasteiger charge is 2.28. The van der Waals surface area contributed by atoms with Gasteiger partial charge in [-0.1, -0.05) is 109 Å². The Bertz CT molecular complexity index is 922. The zero-order valence-electron chi connectivity index (χ0n) is 24.7. The van der Waals surface area contributed by atoms with Crippen molar-refractivity contribution < 1.29 is 14.3 Å². The van der Waals surface area contributed by atoms with Gasteiger partial charge < -0.3 is 9.47 Å². The third-order valence-electron chi connectivity index (χ3n) is 8.13. The summed E-state index contributed by atoms with van der Waals surface area (Å²) >= 11 is 0. The summed E-state index contributed by atoms with van der Waals surface area (Å²) in [5.41, 5.74) is 0.736. The lowest BCUT2D eigenvalue weighted by Gasteiger charge is -2.27. The molecule has 0 saturated heterocycles. The summed E-state index contributed by atoms with van der Waals surface area (Å²) in [6, 6.07) is 7.56. The molecule has 3 rings (SSSR count). The van der Waals surface area contributed by atoms with E-state index in [2.05, 4.69) is 23.8 Å². The van der Waals surface area contributed by atoms with E-state index in [-0.39, 0.29) is 11.9 Å². The highest BCUT2D eigenvalue weighted by atomic mass is 16.5. The molecule has 1 aromatic heterocycles. The fourth-order valence-electron chi connectivity index (χ4n) is 5.61. The SMILES string of the molecule is CCCCCCCCCCCCOc1cnc(-c2ccccc2OC(=O)C2CCC(CCCCC)CC2)nc1. The molecule has 0 bridgehead atoms. The topological polar surface area (TPSA) is 61.3 Å². The first-order valence-corrected chi connectivity index (χ1v) is 16.0. The first-order chi connectivity index (χ1) is 19.2. The number of para-hydroxylation sites is 1. The van der Waals surface area contributed by atoms with Crippen LogP contribution in [-0.4, -0.2) is 22.5 Å². The molecule has 1 saturated carbocycles. The fraction of sp³-hybridized carbons (Fsp3) is 0.676. The van der Waals surface area contributed by atoms with Gasteiger partial charge in [-0.2, -0.15) is 0 Å². The molecule has 5 heteroatoms. The van der Waals surface area contributed by atoms with E-state index >= 15 is 0 Å². The molecular weight excluding hydrogens is 484 g/mol. The molecule has 0 amide bonds. The van der Waals surface area contributed by atoms with Crippen LogP contribution in [0.4, 0.5) is 0 Å². The van der Waals surface area contributed by atoms with Gasteiger partial charge in [-0.25, -0.2) is 9.97 Å². The lowest BCUT2D eigenvalue weighted by molar-refractivity contribution is -0.140. The van der Waals surface area contributed by atoms with Crippen LogP contribution in [0.5, 0.6) is 11.5 Å². The van der Waals surface area contributed by atoms with Crippen LogP contribution in [0.3, 0.4) is 0 Å². The molecule has 1 aliphatic carbocycles. The van der Waals surface area contributed by atoms with Crippen LogP contribution in [0.15, 0.2) is 36.7 Å². The quantitative estimate of drug-likeness (QED) is 0.102. The smallest absolute Gasteiger partial charge is 0.314 e. The predicted octanol–water partition coefficient (Wildman–Crippen LogP) is 9.74. The van der Waals surface area contributed by atoms with E-state index in [0.29, 0.717) is 23.9 Å². The molecule has 1 fully saturated rings. The molecule has 39 heavy (non-hydrogen) atoms. The van der Waals surface area contributed by atoms with Crippen molar-refractivity contribution >= 4 is 5.97 Å². The molecule has 0 atom stereocenters. The van der Waals surface area contributed by atoms with E-state index in [1.807, 2.05) is 24.3 Å². The molecule has 1 aromatic carbocycles. The van der Waals surface area contributed by atoms with Gasteiger partial charge in [-0.15, -0.1) is 0 Å². The van der Waals surface area contributed by atoms with Crippen molar-refractivity contribution in [2.24, 2.45) is 11.8 Å². The molecule has 0 aliphatic heterocycles. The first kappa shape index (κ1) is 31.1. The average Bonchev–Trinajstić information content (AvgIpc) is 2.97. The van der Waals surface area contributed by atoms with Crippen molar-refractivity contribution in [1.29, 1.82) is 0 Å². The summed E-state index contributed by atoms with van der Waals surface area (Å²) < 4.78 is 11.8. The average molecular weight is 537 g/mol. The minimum absolute atomic E-state index is 0.0111. The van der Waals surface area contributed by atoms with E-state index in [1.54, 1.807) is 12.4 Å². The maximum atomic E-state index is 13.0. The van der Waals surface area contributed by atoms with Crippen molar-refractivity contribution in [3.8, 4) is 22.9 Å². The Morgan fingerprint density at radius 3 is 2.03 bits per heavy atom. The summed E-state index contributed by atoms with van der Waals surface area (Å²) in [6.07, 6.45) is 25.8. The van der Waals surface area contributed by atoms with Crippen LogP contribution in [0.25, 0.3) is 11.4 Å². The number of aromatic nitrogens is 2. The Kier molecular flexibility index (Phi) is 15.0. The number of esters is 1. The van der Waals surface area contributed by atoms with Gasteiger partial charge in [0, 0.05) is 0 Å². The van der Waals surface area contributed by atoms with Crippen LogP contribution in [-0.2, 0) is 4.79 Å². The molecule has 0 spiro atoms. The molecule has 1 aliphatic rings. The maximum absolute atomic E-state index is 13.0. The van der Waals surface area contributed by atoms with Crippen molar-refractivity contribution in [1.82, 2.24) is 9.97 Å². The summed E-state index contributed by atoms with van der Waals surface area (Å²) in [5, 5.41) is 0. The Labute approximate surface area is 237 Å². The van der Waals surface area contributed by atoms with Gasteiger partial charge in [-0.3, -0.25) is 4.79 Å². The standard InChI is InChI=1S/C34H52N2O3/c1-3-5-7-8-9-10-11-12-13-17-25-38-30-26-35-33(36-27-30)31-19-15-16-20-32(31)39-34(37)29-23-21-28(22-24-29)18-14-6-4-2/h15-16,19-20,26-29H,3-14,17-18,21-25H2,1-2H3. The number of nitrogens with zero attached hydrogens (tertiary/aromatic N) is 2. The highest BCUT2D eigenvalue weighted by molar-refractivity contribution is 5.78. The van der Waals surface area contributed by atoms with Crippen LogP contribution in [0.1, 0.15) is 129 Å². The second kappa shape index (κ2) is 18.8. The fourth-order valence-corrected chi connectivity index (χ4v) is 5.61. The molecule has 5 nitrogen and oxygen atoms in total. The zero-order valence-corrected chi connectivity index (χ0v) is 24.7. The summed E-state index contributed by atoms with van der Waals surface area (Å²) in [7, 11) is 0. The van der Waals surface area contributed by atoms with E-state index in [9.17, 15) is 4.79 Å². The monoisotopic (exact) mass is 536 g/mol. The van der Waals surface area contributed by atoms with Gasteiger partial charge in [0.05, 0.1) is 30.5 Å². The van der Waals surface area contributed by atoms with E-state index < -0.39 is 0 Å². The molecule has 1 heterocycles. The second-order valence-corrected chi connectivity index (χ2v) is 11.4. The van der Waals surface area contributed by atoms with Crippen molar-refractivity contribution in [3.63, 3.8) is 0 Å². The van der Waals surface area contributed by atoms with Crippen LogP contribution in [0.2, 0.25) is 0 Å². The van der Waals surface area contributed by atoms with Gasteiger partial charge >= 0.3 is 5.97 Å². The van der Waals surface area contributed by atoms with Crippen LogP contribution in [0, 0.1) is 11.8 Å². The molecule has 0 radical (unpaired) electrons. The van der Waals surface area contributed by atoms with Crippen LogP contribution < -0.4 is 9.47 Å². The van der Waals surface area contributed by atoms with E-state index in [4.69, 9.17) is 9.47 Å². The lowest BCUT2D eigenvalue weighted by atomic mass is 9.80.